The number of carbonyl (C=O) groups excluding carboxylic acids is 1. The minimum absolute atomic E-state index is 0.116. The maximum Gasteiger partial charge on any atom is 0.255 e. The fourth-order valence-corrected chi connectivity index (χ4v) is 5.42. The molecular weight excluding hydrogens is 460 g/mol. The fourth-order valence-electron chi connectivity index (χ4n) is 3.71. The zero-order valence-corrected chi connectivity index (χ0v) is 19.6. The molecule has 0 atom stereocenters. The molecule has 8 heteroatoms. The molecule has 3 aromatic carbocycles. The Balaban J connectivity index is 1.53. The number of amides is 1. The Morgan fingerprint density at radius 3 is 2.27 bits per heavy atom. The summed E-state index contributed by atoms with van der Waals surface area (Å²) in [5.41, 5.74) is 0.604. The summed E-state index contributed by atoms with van der Waals surface area (Å²) >= 11 is 6.28. The summed E-state index contributed by atoms with van der Waals surface area (Å²) in [7, 11) is -3.66. The van der Waals surface area contributed by atoms with Crippen LogP contribution in [-0.4, -0.2) is 31.7 Å². The lowest BCUT2D eigenvalue weighted by molar-refractivity contribution is 0.102. The highest BCUT2D eigenvalue weighted by Gasteiger charge is 2.26. The molecule has 3 aromatic rings. The summed E-state index contributed by atoms with van der Waals surface area (Å²) < 4.78 is 33.6. The molecule has 0 unspecified atom stereocenters. The first-order valence-corrected chi connectivity index (χ1v) is 12.7. The standard InChI is InChI=1S/C25H25ClN2O4S/c26-23-14-13-22(33(30,31)28-15-6-1-2-7-16-28)18-24(23)27-25(29)19-9-8-12-21(17-19)32-20-10-4-3-5-11-20/h3-5,8-14,17-18H,1-2,6-7,15-16H2,(H,27,29). The van der Waals surface area contributed by atoms with E-state index in [0.29, 0.717) is 30.2 Å². The lowest BCUT2D eigenvalue weighted by Crippen LogP contribution is -2.32. The van der Waals surface area contributed by atoms with Crippen LogP contribution in [-0.2, 0) is 10.0 Å². The largest absolute Gasteiger partial charge is 0.457 e. The van der Waals surface area contributed by atoms with E-state index in [-0.39, 0.29) is 15.6 Å². The zero-order valence-electron chi connectivity index (χ0n) is 18.0. The average molecular weight is 485 g/mol. The molecule has 1 N–H and O–H groups in total. The topological polar surface area (TPSA) is 75.7 Å². The highest BCUT2D eigenvalue weighted by molar-refractivity contribution is 7.89. The highest BCUT2D eigenvalue weighted by atomic mass is 35.5. The molecule has 1 fully saturated rings. The third-order valence-corrected chi connectivity index (χ3v) is 7.69. The van der Waals surface area contributed by atoms with Crippen LogP contribution in [0.1, 0.15) is 36.0 Å². The van der Waals surface area contributed by atoms with Crippen molar-refractivity contribution in [3.63, 3.8) is 0 Å². The minimum Gasteiger partial charge on any atom is -0.457 e. The van der Waals surface area contributed by atoms with Crippen molar-refractivity contribution < 1.29 is 17.9 Å². The number of carbonyl (C=O) groups is 1. The van der Waals surface area contributed by atoms with E-state index in [1.165, 1.54) is 22.5 Å². The first kappa shape index (κ1) is 23.3. The number of sulfonamides is 1. The van der Waals surface area contributed by atoms with Gasteiger partial charge in [0.2, 0.25) is 10.0 Å². The third-order valence-electron chi connectivity index (χ3n) is 5.46. The van der Waals surface area contributed by atoms with Gasteiger partial charge in [0.1, 0.15) is 11.5 Å². The van der Waals surface area contributed by atoms with E-state index in [0.717, 1.165) is 25.7 Å². The molecule has 1 aliphatic rings. The molecule has 0 spiro atoms. The van der Waals surface area contributed by atoms with Crippen LogP contribution in [0.2, 0.25) is 5.02 Å². The van der Waals surface area contributed by atoms with Crippen molar-refractivity contribution in [3.05, 3.63) is 83.4 Å². The van der Waals surface area contributed by atoms with E-state index in [9.17, 15) is 13.2 Å². The van der Waals surface area contributed by atoms with E-state index in [4.69, 9.17) is 16.3 Å². The summed E-state index contributed by atoms with van der Waals surface area (Å²) in [6.07, 6.45) is 3.75. The van der Waals surface area contributed by atoms with Crippen LogP contribution >= 0.6 is 11.6 Å². The summed E-state index contributed by atoms with van der Waals surface area (Å²) in [5, 5.41) is 3.00. The van der Waals surface area contributed by atoms with Crippen molar-refractivity contribution in [2.24, 2.45) is 0 Å². The smallest absolute Gasteiger partial charge is 0.255 e. The van der Waals surface area contributed by atoms with Gasteiger partial charge in [-0.2, -0.15) is 4.31 Å². The zero-order chi connectivity index (χ0) is 23.3. The van der Waals surface area contributed by atoms with E-state index < -0.39 is 15.9 Å². The van der Waals surface area contributed by atoms with Crippen LogP contribution in [0.4, 0.5) is 5.69 Å². The van der Waals surface area contributed by atoms with Gasteiger partial charge in [-0.25, -0.2) is 8.42 Å². The number of nitrogens with one attached hydrogen (secondary N) is 1. The molecule has 0 bridgehead atoms. The third kappa shape index (κ3) is 5.74. The van der Waals surface area contributed by atoms with Gasteiger partial charge in [0.05, 0.1) is 15.6 Å². The Morgan fingerprint density at radius 1 is 0.848 bits per heavy atom. The van der Waals surface area contributed by atoms with Crippen LogP contribution < -0.4 is 10.1 Å². The monoisotopic (exact) mass is 484 g/mol. The number of halogens is 1. The molecule has 1 amide bonds. The molecule has 33 heavy (non-hydrogen) atoms. The molecule has 172 valence electrons. The van der Waals surface area contributed by atoms with Gasteiger partial charge in [0, 0.05) is 18.7 Å². The normalized spacial score (nSPS) is 14.9. The Hall–Kier alpha value is -2.87. The van der Waals surface area contributed by atoms with Crippen LogP contribution in [0.3, 0.4) is 0 Å². The first-order chi connectivity index (χ1) is 15.9. The Morgan fingerprint density at radius 2 is 1.55 bits per heavy atom. The lowest BCUT2D eigenvalue weighted by atomic mass is 10.2. The van der Waals surface area contributed by atoms with Gasteiger partial charge in [0.25, 0.3) is 5.91 Å². The minimum atomic E-state index is -3.66. The quantitative estimate of drug-likeness (QED) is 0.469. The van der Waals surface area contributed by atoms with E-state index >= 15 is 0 Å². The predicted molar refractivity (Wildman–Crippen MR) is 130 cm³/mol. The van der Waals surface area contributed by atoms with Gasteiger partial charge in [-0.05, 0) is 61.4 Å². The predicted octanol–water partition coefficient (Wildman–Crippen LogP) is 5.95. The van der Waals surface area contributed by atoms with Gasteiger partial charge in [-0.15, -0.1) is 0 Å². The molecule has 0 saturated carbocycles. The summed E-state index contributed by atoms with van der Waals surface area (Å²) in [6.45, 7) is 1.00. The van der Waals surface area contributed by atoms with Crippen molar-refractivity contribution >= 4 is 33.2 Å². The molecule has 1 aliphatic heterocycles. The maximum atomic E-state index is 13.1. The van der Waals surface area contributed by atoms with Crippen molar-refractivity contribution in [1.82, 2.24) is 4.31 Å². The van der Waals surface area contributed by atoms with Crippen LogP contribution in [0.5, 0.6) is 11.5 Å². The Bertz CT molecular complexity index is 1220. The highest BCUT2D eigenvalue weighted by Crippen LogP contribution is 2.29. The van der Waals surface area contributed by atoms with Gasteiger partial charge in [-0.1, -0.05) is 48.7 Å². The second-order valence-electron chi connectivity index (χ2n) is 7.86. The number of anilines is 1. The first-order valence-electron chi connectivity index (χ1n) is 10.9. The van der Waals surface area contributed by atoms with E-state index in [1.807, 2.05) is 30.3 Å². The van der Waals surface area contributed by atoms with Gasteiger partial charge in [-0.3, -0.25) is 4.79 Å². The second kappa shape index (κ2) is 10.4. The molecule has 6 nitrogen and oxygen atoms in total. The maximum absolute atomic E-state index is 13.1. The van der Waals surface area contributed by atoms with Crippen molar-refractivity contribution in [2.45, 2.75) is 30.6 Å². The molecule has 0 radical (unpaired) electrons. The SMILES string of the molecule is O=C(Nc1cc(S(=O)(=O)N2CCCCCC2)ccc1Cl)c1cccc(Oc2ccccc2)c1. The van der Waals surface area contributed by atoms with Crippen LogP contribution in [0, 0.1) is 0 Å². The molecule has 1 heterocycles. The number of hydrogen-bond acceptors (Lipinski definition) is 4. The summed E-state index contributed by atoms with van der Waals surface area (Å²) in [4.78, 5) is 13.0. The molecule has 4 rings (SSSR count). The second-order valence-corrected chi connectivity index (χ2v) is 10.2. The number of ether oxygens (including phenoxy) is 1. The lowest BCUT2D eigenvalue weighted by Gasteiger charge is -2.20. The molecular formula is C25H25ClN2O4S. The summed E-state index contributed by atoms with van der Waals surface area (Å²) in [6, 6.07) is 20.4. The van der Waals surface area contributed by atoms with Gasteiger partial charge >= 0.3 is 0 Å². The van der Waals surface area contributed by atoms with Gasteiger partial charge < -0.3 is 10.1 Å². The van der Waals surface area contributed by atoms with Crippen molar-refractivity contribution in [1.29, 1.82) is 0 Å². The number of hydrogen-bond donors (Lipinski definition) is 1. The van der Waals surface area contributed by atoms with Crippen LogP contribution in [0.25, 0.3) is 0 Å². The molecule has 0 aliphatic carbocycles. The molecule has 0 aromatic heterocycles. The van der Waals surface area contributed by atoms with Crippen LogP contribution in [0.15, 0.2) is 77.7 Å². The van der Waals surface area contributed by atoms with Crippen molar-refractivity contribution in [3.8, 4) is 11.5 Å². The van der Waals surface area contributed by atoms with Crippen molar-refractivity contribution in [2.75, 3.05) is 18.4 Å². The Labute approximate surface area is 199 Å². The Kier molecular flexibility index (Phi) is 7.33. The average Bonchev–Trinajstić information content (AvgIpc) is 3.11. The van der Waals surface area contributed by atoms with E-state index in [1.54, 1.807) is 24.3 Å². The fraction of sp³-hybridized carbons (Fsp3) is 0.240. The number of para-hydroxylation sites is 1. The number of rotatable bonds is 6. The summed E-state index contributed by atoms with van der Waals surface area (Å²) in [5.74, 6) is 0.752. The number of nitrogens with zero attached hydrogens (tertiary/aromatic N) is 1. The number of benzene rings is 3. The molecule has 1 saturated heterocycles. The van der Waals surface area contributed by atoms with E-state index in [2.05, 4.69) is 5.32 Å². The van der Waals surface area contributed by atoms with Gasteiger partial charge in [0.15, 0.2) is 0 Å².